The van der Waals surface area contributed by atoms with Crippen LogP contribution in [0.5, 0.6) is 0 Å². The lowest BCUT2D eigenvalue weighted by molar-refractivity contribution is -0.0893. The molecule has 1 aromatic carbocycles. The first-order valence-corrected chi connectivity index (χ1v) is 8.67. The lowest BCUT2D eigenvalue weighted by Gasteiger charge is -2.37. The number of carbonyl (C=O) groups excluding carboxylic acids is 1. The lowest BCUT2D eigenvalue weighted by atomic mass is 9.81. The highest BCUT2D eigenvalue weighted by Crippen LogP contribution is 2.24. The van der Waals surface area contributed by atoms with Crippen LogP contribution in [0, 0.1) is 5.41 Å². The number of ether oxygens (including phenoxy) is 1. The van der Waals surface area contributed by atoms with Gasteiger partial charge in [0.2, 0.25) is 0 Å². The quantitative estimate of drug-likeness (QED) is 0.536. The van der Waals surface area contributed by atoms with Gasteiger partial charge in [0.15, 0.2) is 0 Å². The molecule has 1 aromatic rings. The Balaban J connectivity index is 2.96. The van der Waals surface area contributed by atoms with Crippen LogP contribution in [0.25, 0.3) is 0 Å². The van der Waals surface area contributed by atoms with Gasteiger partial charge in [-0.3, -0.25) is 5.32 Å². The number of hydrogen-bond acceptors (Lipinski definition) is 5. The fourth-order valence-electron chi connectivity index (χ4n) is 1.95. The summed E-state index contributed by atoms with van der Waals surface area (Å²) in [5.74, 6) is 0. The summed E-state index contributed by atoms with van der Waals surface area (Å²) in [5.41, 5.74) is -0.0553. The highest BCUT2D eigenvalue weighted by molar-refractivity contribution is 6.47. The van der Waals surface area contributed by atoms with Gasteiger partial charge in [0.05, 0.1) is 16.9 Å². The van der Waals surface area contributed by atoms with E-state index in [0.29, 0.717) is 17.0 Å². The Bertz CT molecular complexity index is 673. The first-order chi connectivity index (χ1) is 11.6. The maximum Gasteiger partial charge on any atom is 0.412 e. The predicted octanol–water partition coefficient (Wildman–Crippen LogP) is 2.96. The smallest absolute Gasteiger partial charge is 0.412 e. The Morgan fingerprint density at radius 2 is 1.73 bits per heavy atom. The van der Waals surface area contributed by atoms with Crippen LogP contribution in [0.3, 0.4) is 0 Å². The van der Waals surface area contributed by atoms with Gasteiger partial charge < -0.3 is 19.9 Å². The van der Waals surface area contributed by atoms with E-state index in [1.165, 1.54) is 0 Å². The summed E-state index contributed by atoms with van der Waals surface area (Å²) in [6, 6.07) is 5.35. The van der Waals surface area contributed by atoms with Crippen molar-refractivity contribution in [3.05, 3.63) is 23.8 Å². The van der Waals surface area contributed by atoms with Crippen LogP contribution in [0.2, 0.25) is 0 Å². The van der Waals surface area contributed by atoms with E-state index in [1.807, 2.05) is 19.9 Å². The summed E-state index contributed by atoms with van der Waals surface area (Å²) in [6.45, 7) is 14.1. The van der Waals surface area contributed by atoms with Gasteiger partial charge in [-0.25, -0.2) is 4.79 Å². The average molecular weight is 362 g/mol. The third-order valence-corrected chi connectivity index (χ3v) is 4.20. The van der Waals surface area contributed by atoms with Crippen LogP contribution in [0.4, 0.5) is 10.5 Å². The third kappa shape index (κ3) is 6.46. The fraction of sp³-hybridized carbons (Fsp3) is 0.579. The van der Waals surface area contributed by atoms with Crippen molar-refractivity contribution in [3.63, 3.8) is 0 Å². The molecule has 0 aromatic heterocycles. The molecule has 144 valence electrons. The number of amides is 1. The number of carbonyl (C=O) groups is 1. The summed E-state index contributed by atoms with van der Waals surface area (Å²) in [5, 5.41) is 20.8. The van der Waals surface area contributed by atoms with Crippen LogP contribution < -0.4 is 10.8 Å². The van der Waals surface area contributed by atoms with Gasteiger partial charge in [0.1, 0.15) is 5.60 Å². The van der Waals surface area contributed by atoms with Crippen LogP contribution in [-0.4, -0.2) is 41.2 Å². The number of rotatable bonds is 6. The maximum atomic E-state index is 12.0. The molecule has 0 unspecified atom stereocenters. The minimum Gasteiger partial charge on any atom is -0.444 e. The number of benzene rings is 1. The van der Waals surface area contributed by atoms with Crippen LogP contribution in [0.1, 0.15) is 61.0 Å². The van der Waals surface area contributed by atoms with Crippen molar-refractivity contribution >= 4 is 30.4 Å². The molecule has 0 bridgehead atoms. The average Bonchev–Trinajstić information content (AvgIpc) is 2.42. The molecule has 0 saturated carbocycles. The summed E-state index contributed by atoms with van der Waals surface area (Å²) in [7, 11) is 0.282. The van der Waals surface area contributed by atoms with Gasteiger partial charge in [-0.1, -0.05) is 17.6 Å². The Kier molecular flexibility index (Phi) is 6.66. The zero-order chi connectivity index (χ0) is 20.3. The van der Waals surface area contributed by atoms with E-state index in [2.05, 4.69) is 5.32 Å². The minimum absolute atomic E-state index is 0.282. The topological polar surface area (TPSA) is 91.6 Å². The van der Waals surface area contributed by atoms with Crippen molar-refractivity contribution in [1.82, 2.24) is 0 Å². The molecule has 1 amide bonds. The molecule has 26 heavy (non-hydrogen) atoms. The van der Waals surface area contributed by atoms with E-state index in [1.54, 1.807) is 53.7 Å². The highest BCUT2D eigenvalue weighted by Gasteiger charge is 2.35. The van der Waals surface area contributed by atoms with Gasteiger partial charge in [-0.15, -0.1) is 0 Å². The van der Waals surface area contributed by atoms with Crippen molar-refractivity contribution in [1.29, 1.82) is 5.41 Å². The molecular formula is C19H31BN2O4. The molecule has 0 radical (unpaired) electrons. The van der Waals surface area contributed by atoms with Crippen molar-refractivity contribution in [3.8, 4) is 0 Å². The van der Waals surface area contributed by atoms with Crippen molar-refractivity contribution in [2.24, 2.45) is 0 Å². The van der Waals surface area contributed by atoms with E-state index in [9.17, 15) is 9.90 Å². The normalized spacial score (nSPS) is 12.5. The molecule has 0 atom stereocenters. The molecular weight excluding hydrogens is 331 g/mol. The zero-order valence-corrected chi connectivity index (χ0v) is 17.1. The van der Waals surface area contributed by atoms with E-state index in [4.69, 9.17) is 14.8 Å². The summed E-state index contributed by atoms with van der Waals surface area (Å²) in [4.78, 5) is 12.0. The lowest BCUT2D eigenvalue weighted by Crippen LogP contribution is -2.49. The second-order valence-electron chi connectivity index (χ2n) is 8.49. The Labute approximate surface area is 157 Å². The molecule has 6 nitrogen and oxygen atoms in total. The Morgan fingerprint density at radius 3 is 2.19 bits per heavy atom. The molecule has 0 fully saturated rings. The molecule has 0 saturated heterocycles. The Morgan fingerprint density at radius 1 is 1.15 bits per heavy atom. The van der Waals surface area contributed by atoms with Gasteiger partial charge in [-0.2, -0.15) is 0 Å². The number of hydrogen-bond donors (Lipinski definition) is 3. The van der Waals surface area contributed by atoms with Gasteiger partial charge in [-0.05, 0) is 61.5 Å². The minimum atomic E-state index is -0.995. The molecule has 0 heterocycles. The van der Waals surface area contributed by atoms with E-state index in [-0.39, 0.29) is 7.48 Å². The van der Waals surface area contributed by atoms with Gasteiger partial charge in [0.25, 0.3) is 0 Å². The molecule has 7 heteroatoms. The predicted molar refractivity (Wildman–Crippen MR) is 107 cm³/mol. The molecule has 1 rings (SSSR count). The molecule has 3 N–H and O–H groups in total. The first-order valence-electron chi connectivity index (χ1n) is 8.67. The monoisotopic (exact) mass is 362 g/mol. The molecule has 0 aliphatic carbocycles. The SMILES string of the molecule is CC(=N)c1cc(BOC(C)(C)C(C)(C)O)ccc1NC(=O)OC(C)(C)C. The zero-order valence-electron chi connectivity index (χ0n) is 17.1. The standard InChI is InChI=1S/C19H31BN2O4/c1-12(21)14-11-13(20-26-19(7,8)18(5,6)24)9-10-15(14)22-16(23)25-17(2,3)4/h9-11,20-21,24H,1-8H3,(H,22,23). The number of nitrogens with one attached hydrogen (secondary N) is 2. The van der Waals surface area contributed by atoms with Crippen LogP contribution >= 0.6 is 0 Å². The van der Waals surface area contributed by atoms with Crippen LogP contribution in [-0.2, 0) is 9.39 Å². The van der Waals surface area contributed by atoms with Crippen molar-refractivity contribution < 1.29 is 19.3 Å². The molecule has 0 aliphatic rings. The summed E-state index contributed by atoms with van der Waals surface area (Å²) < 4.78 is 11.1. The van der Waals surface area contributed by atoms with Gasteiger partial charge >= 0.3 is 13.6 Å². The fourth-order valence-corrected chi connectivity index (χ4v) is 1.95. The van der Waals surface area contributed by atoms with Crippen molar-refractivity contribution in [2.75, 3.05) is 5.32 Å². The summed E-state index contributed by atoms with van der Waals surface area (Å²) in [6.07, 6.45) is -0.563. The van der Waals surface area contributed by atoms with E-state index >= 15 is 0 Å². The highest BCUT2D eigenvalue weighted by atomic mass is 16.6. The first kappa shape index (κ1) is 22.2. The molecule has 0 aliphatic heterocycles. The van der Waals surface area contributed by atoms with Gasteiger partial charge in [0, 0.05) is 11.3 Å². The second-order valence-corrected chi connectivity index (χ2v) is 8.49. The van der Waals surface area contributed by atoms with E-state index < -0.39 is 22.9 Å². The van der Waals surface area contributed by atoms with E-state index in [0.717, 1.165) is 5.46 Å². The summed E-state index contributed by atoms with van der Waals surface area (Å²) >= 11 is 0. The third-order valence-electron chi connectivity index (χ3n) is 4.20. The maximum absolute atomic E-state index is 12.0. The Hall–Kier alpha value is -1.86. The van der Waals surface area contributed by atoms with Crippen molar-refractivity contribution in [2.45, 2.75) is 72.2 Å². The largest absolute Gasteiger partial charge is 0.444 e. The second kappa shape index (κ2) is 7.80. The molecule has 0 spiro atoms. The number of anilines is 1. The van der Waals surface area contributed by atoms with Crippen LogP contribution in [0.15, 0.2) is 18.2 Å². The number of aliphatic hydroxyl groups is 1.